The molecule has 1 rings (SSSR count). The van der Waals surface area contributed by atoms with Gasteiger partial charge in [0.25, 0.3) is 0 Å². The molecule has 0 spiro atoms. The molecule has 6 nitrogen and oxygen atoms in total. The fourth-order valence-electron chi connectivity index (χ4n) is 1.52. The quantitative estimate of drug-likeness (QED) is 0.585. The second-order valence-electron chi connectivity index (χ2n) is 4.66. The number of nitrogens with one attached hydrogen (secondary N) is 1. The summed E-state index contributed by atoms with van der Waals surface area (Å²) >= 11 is 0. The maximum absolute atomic E-state index is 10.9. The van der Waals surface area contributed by atoms with Gasteiger partial charge >= 0.3 is 5.69 Å². The molecule has 6 heteroatoms. The van der Waals surface area contributed by atoms with E-state index in [4.69, 9.17) is 10.5 Å². The molecule has 0 amide bonds. The fraction of sp³-hybridized carbons (Fsp3) is 0.538. The lowest BCUT2D eigenvalue weighted by molar-refractivity contribution is -0.386. The molecule has 0 saturated carbocycles. The average molecular weight is 267 g/mol. The van der Waals surface area contributed by atoms with Crippen molar-refractivity contribution < 1.29 is 9.66 Å². The molecule has 0 aliphatic heterocycles. The number of ether oxygens (including phenoxy) is 1. The van der Waals surface area contributed by atoms with Crippen LogP contribution in [0.4, 0.5) is 11.4 Å². The van der Waals surface area contributed by atoms with Crippen LogP contribution >= 0.6 is 0 Å². The Morgan fingerprint density at radius 3 is 2.68 bits per heavy atom. The summed E-state index contributed by atoms with van der Waals surface area (Å²) in [5.74, 6) is 0.273. The van der Waals surface area contributed by atoms with Gasteiger partial charge in [-0.1, -0.05) is 6.92 Å². The Morgan fingerprint density at radius 1 is 1.47 bits per heavy atom. The molecule has 1 aromatic rings. The number of nitro benzene ring substituents is 1. The molecule has 1 unspecified atom stereocenters. The van der Waals surface area contributed by atoms with E-state index in [2.05, 4.69) is 5.32 Å². The van der Waals surface area contributed by atoms with Crippen molar-refractivity contribution in [3.8, 4) is 5.75 Å². The Labute approximate surface area is 113 Å². The number of hydrogen-bond donors (Lipinski definition) is 2. The Hall–Kier alpha value is -1.82. The first-order valence-corrected chi connectivity index (χ1v) is 6.38. The minimum Gasteiger partial charge on any atom is -0.484 e. The van der Waals surface area contributed by atoms with Crippen LogP contribution < -0.4 is 15.8 Å². The molecule has 19 heavy (non-hydrogen) atoms. The lowest BCUT2D eigenvalue weighted by atomic mass is 10.2. The summed E-state index contributed by atoms with van der Waals surface area (Å²) in [4.78, 5) is 10.5. The van der Waals surface area contributed by atoms with Crippen molar-refractivity contribution in [1.82, 2.24) is 0 Å². The zero-order valence-electron chi connectivity index (χ0n) is 11.6. The molecule has 0 aliphatic carbocycles. The molecule has 0 saturated heterocycles. The average Bonchev–Trinajstić information content (AvgIpc) is 2.35. The third kappa shape index (κ3) is 4.75. The van der Waals surface area contributed by atoms with Crippen LogP contribution in [0.3, 0.4) is 0 Å². The predicted octanol–water partition coefficient (Wildman–Crippen LogP) is 2.53. The van der Waals surface area contributed by atoms with Crippen LogP contribution in [0.2, 0.25) is 0 Å². The molecular formula is C13H21N3O3. The van der Waals surface area contributed by atoms with E-state index in [0.29, 0.717) is 6.54 Å². The standard InChI is InChI=1S/C13H21N3O3/c1-4-10(14)8-15-11-5-6-12(16(17)18)13(7-11)19-9(2)3/h5-7,9-10,15H,4,8,14H2,1-3H3. The van der Waals surface area contributed by atoms with Gasteiger partial charge in [0.2, 0.25) is 0 Å². The van der Waals surface area contributed by atoms with E-state index in [9.17, 15) is 10.1 Å². The number of hydrogen-bond acceptors (Lipinski definition) is 5. The summed E-state index contributed by atoms with van der Waals surface area (Å²) in [6, 6.07) is 4.80. The van der Waals surface area contributed by atoms with Crippen LogP contribution in [0.1, 0.15) is 27.2 Å². The Kier molecular flexibility index (Phi) is 5.57. The van der Waals surface area contributed by atoms with Crippen molar-refractivity contribution >= 4 is 11.4 Å². The number of anilines is 1. The van der Waals surface area contributed by atoms with E-state index < -0.39 is 4.92 Å². The third-order valence-corrected chi connectivity index (χ3v) is 2.61. The van der Waals surface area contributed by atoms with E-state index in [-0.39, 0.29) is 23.6 Å². The van der Waals surface area contributed by atoms with Crippen LogP contribution in [-0.4, -0.2) is 23.6 Å². The zero-order valence-corrected chi connectivity index (χ0v) is 11.6. The number of nitrogens with zero attached hydrogens (tertiary/aromatic N) is 1. The Morgan fingerprint density at radius 2 is 2.16 bits per heavy atom. The second kappa shape index (κ2) is 6.94. The van der Waals surface area contributed by atoms with Gasteiger partial charge in [-0.3, -0.25) is 10.1 Å². The predicted molar refractivity (Wildman–Crippen MR) is 75.6 cm³/mol. The van der Waals surface area contributed by atoms with Crippen LogP contribution in [0.15, 0.2) is 18.2 Å². The summed E-state index contributed by atoms with van der Waals surface area (Å²) in [7, 11) is 0. The first-order valence-electron chi connectivity index (χ1n) is 6.38. The van der Waals surface area contributed by atoms with Gasteiger partial charge in [0.1, 0.15) is 0 Å². The minimum absolute atomic E-state index is 0.0287. The molecule has 0 heterocycles. The van der Waals surface area contributed by atoms with Crippen LogP contribution in [0, 0.1) is 10.1 Å². The molecule has 0 radical (unpaired) electrons. The van der Waals surface area contributed by atoms with Crippen molar-refractivity contribution in [3.63, 3.8) is 0 Å². The van der Waals surface area contributed by atoms with Crippen LogP contribution in [-0.2, 0) is 0 Å². The first-order chi connectivity index (χ1) is 8.93. The third-order valence-electron chi connectivity index (χ3n) is 2.61. The summed E-state index contributed by atoms with van der Waals surface area (Å²) < 4.78 is 5.47. The first kappa shape index (κ1) is 15.2. The molecule has 3 N–H and O–H groups in total. The minimum atomic E-state index is -0.445. The molecule has 0 aromatic heterocycles. The zero-order chi connectivity index (χ0) is 14.4. The van der Waals surface area contributed by atoms with Gasteiger partial charge in [-0.25, -0.2) is 0 Å². The SMILES string of the molecule is CCC(N)CNc1ccc([N+](=O)[O-])c(OC(C)C)c1. The van der Waals surface area contributed by atoms with Gasteiger partial charge in [-0.05, 0) is 26.3 Å². The largest absolute Gasteiger partial charge is 0.484 e. The van der Waals surface area contributed by atoms with E-state index in [1.54, 1.807) is 12.1 Å². The fourth-order valence-corrected chi connectivity index (χ4v) is 1.52. The highest BCUT2D eigenvalue weighted by atomic mass is 16.6. The number of nitro groups is 1. The topological polar surface area (TPSA) is 90.4 Å². The molecule has 106 valence electrons. The molecular weight excluding hydrogens is 246 g/mol. The molecule has 0 aliphatic rings. The maximum Gasteiger partial charge on any atom is 0.311 e. The number of benzene rings is 1. The van der Waals surface area contributed by atoms with Crippen molar-refractivity contribution in [1.29, 1.82) is 0 Å². The van der Waals surface area contributed by atoms with E-state index in [1.807, 2.05) is 20.8 Å². The van der Waals surface area contributed by atoms with Gasteiger partial charge in [-0.15, -0.1) is 0 Å². The van der Waals surface area contributed by atoms with Gasteiger partial charge in [0, 0.05) is 30.4 Å². The van der Waals surface area contributed by atoms with E-state index in [0.717, 1.165) is 12.1 Å². The second-order valence-corrected chi connectivity index (χ2v) is 4.66. The van der Waals surface area contributed by atoms with E-state index in [1.165, 1.54) is 6.07 Å². The molecule has 1 atom stereocenters. The lowest BCUT2D eigenvalue weighted by Crippen LogP contribution is -2.28. The normalized spacial score (nSPS) is 12.3. The summed E-state index contributed by atoms with van der Waals surface area (Å²) in [5, 5.41) is 14.1. The molecule has 0 fully saturated rings. The van der Waals surface area contributed by atoms with Crippen molar-refractivity contribution in [3.05, 3.63) is 28.3 Å². The van der Waals surface area contributed by atoms with Crippen molar-refractivity contribution in [2.45, 2.75) is 39.3 Å². The smallest absolute Gasteiger partial charge is 0.311 e. The lowest BCUT2D eigenvalue weighted by Gasteiger charge is -2.14. The highest BCUT2D eigenvalue weighted by molar-refractivity contribution is 5.58. The summed E-state index contributed by atoms with van der Waals surface area (Å²) in [6.45, 7) is 6.29. The summed E-state index contributed by atoms with van der Waals surface area (Å²) in [5.41, 5.74) is 6.56. The van der Waals surface area contributed by atoms with Gasteiger partial charge in [-0.2, -0.15) is 0 Å². The Bertz CT molecular complexity index is 435. The highest BCUT2D eigenvalue weighted by Crippen LogP contribution is 2.30. The molecule has 0 bridgehead atoms. The Balaban J connectivity index is 2.88. The maximum atomic E-state index is 10.9. The van der Waals surface area contributed by atoms with Crippen molar-refractivity contribution in [2.24, 2.45) is 5.73 Å². The summed E-state index contributed by atoms with van der Waals surface area (Å²) in [6.07, 6.45) is 0.752. The van der Waals surface area contributed by atoms with E-state index >= 15 is 0 Å². The number of rotatable bonds is 7. The van der Waals surface area contributed by atoms with Crippen molar-refractivity contribution in [2.75, 3.05) is 11.9 Å². The number of nitrogens with two attached hydrogens (primary N) is 1. The van der Waals surface area contributed by atoms with Gasteiger partial charge < -0.3 is 15.8 Å². The van der Waals surface area contributed by atoms with Crippen LogP contribution in [0.5, 0.6) is 5.75 Å². The van der Waals surface area contributed by atoms with Gasteiger partial charge in [0.05, 0.1) is 11.0 Å². The monoisotopic (exact) mass is 267 g/mol. The highest BCUT2D eigenvalue weighted by Gasteiger charge is 2.16. The van der Waals surface area contributed by atoms with Crippen LogP contribution in [0.25, 0.3) is 0 Å². The van der Waals surface area contributed by atoms with Gasteiger partial charge in [0.15, 0.2) is 5.75 Å². The molecule has 1 aromatic carbocycles.